The van der Waals surface area contributed by atoms with Crippen molar-refractivity contribution in [3.8, 4) is 11.8 Å². The molecule has 0 bridgehead atoms. The monoisotopic (exact) mass is 151 g/mol. The first-order chi connectivity index (χ1) is 4.42. The molecule has 0 aromatic heterocycles. The van der Waals surface area contributed by atoms with Crippen molar-refractivity contribution in [3.63, 3.8) is 0 Å². The van der Waals surface area contributed by atoms with E-state index in [1.54, 1.807) is 6.92 Å². The van der Waals surface area contributed by atoms with Crippen molar-refractivity contribution < 1.29 is 13.2 Å². The molecule has 0 unspecified atom stereocenters. The van der Waals surface area contributed by atoms with Gasteiger partial charge in [-0.05, 0) is 6.92 Å². The van der Waals surface area contributed by atoms with Crippen molar-refractivity contribution in [1.82, 2.24) is 0 Å². The van der Waals surface area contributed by atoms with E-state index in [1.165, 1.54) is 0 Å². The number of alkyl halides is 3. The zero-order valence-electron chi connectivity index (χ0n) is 5.50. The fraction of sp³-hybridized carbons (Fsp3) is 0.667. The highest BCUT2D eigenvalue weighted by Gasteiger charge is 2.22. The molecule has 0 aliphatic rings. The van der Waals surface area contributed by atoms with Gasteiger partial charge in [0.05, 0.1) is 0 Å². The molecule has 2 N–H and O–H groups in total. The first-order valence-corrected chi connectivity index (χ1v) is 2.74. The molecule has 1 nitrogen and oxygen atoms in total. The van der Waals surface area contributed by atoms with Crippen LogP contribution in [0.25, 0.3) is 0 Å². The summed E-state index contributed by atoms with van der Waals surface area (Å²) in [5, 5.41) is 0. The smallest absolute Gasteiger partial charge is 0.327 e. The highest BCUT2D eigenvalue weighted by Crippen LogP contribution is 2.11. The van der Waals surface area contributed by atoms with E-state index in [1.807, 2.05) is 5.92 Å². The lowest BCUT2D eigenvalue weighted by Crippen LogP contribution is -2.13. The summed E-state index contributed by atoms with van der Waals surface area (Å²) >= 11 is 0. The van der Waals surface area contributed by atoms with Gasteiger partial charge in [-0.25, -0.2) is 0 Å². The van der Waals surface area contributed by atoms with Crippen LogP contribution >= 0.6 is 0 Å². The zero-order valence-corrected chi connectivity index (χ0v) is 5.50. The van der Waals surface area contributed by atoms with Crippen LogP contribution in [0.4, 0.5) is 13.2 Å². The van der Waals surface area contributed by atoms with Crippen LogP contribution in [0.3, 0.4) is 0 Å². The summed E-state index contributed by atoms with van der Waals surface area (Å²) in [4.78, 5) is 0. The highest BCUT2D eigenvalue weighted by atomic mass is 19.4. The molecule has 4 heteroatoms. The maximum Gasteiger partial charge on any atom is 0.457 e. The fourth-order valence-corrected chi connectivity index (χ4v) is 0.312. The van der Waals surface area contributed by atoms with Gasteiger partial charge in [-0.15, -0.1) is 0 Å². The molecule has 0 fully saturated rings. The van der Waals surface area contributed by atoms with Crippen LogP contribution in [-0.2, 0) is 0 Å². The average molecular weight is 151 g/mol. The summed E-state index contributed by atoms with van der Waals surface area (Å²) in [5.74, 6) is 3.05. The Bertz CT molecular complexity index is 149. The molecule has 0 amide bonds. The summed E-state index contributed by atoms with van der Waals surface area (Å²) in [5.41, 5.74) is 5.15. The molecule has 0 aliphatic carbocycles. The maximum absolute atomic E-state index is 11.3. The molecular weight excluding hydrogens is 143 g/mol. The van der Waals surface area contributed by atoms with Crippen LogP contribution in [0, 0.1) is 11.8 Å². The van der Waals surface area contributed by atoms with Crippen molar-refractivity contribution in [2.75, 3.05) is 0 Å². The second kappa shape index (κ2) is 3.47. The predicted octanol–water partition coefficient (Wildman–Crippen LogP) is 1.29. The molecule has 0 heterocycles. The Labute approximate surface area is 57.4 Å². The van der Waals surface area contributed by atoms with E-state index in [4.69, 9.17) is 5.73 Å². The number of hydrogen-bond donors (Lipinski definition) is 1. The second-order valence-electron chi connectivity index (χ2n) is 1.98. The van der Waals surface area contributed by atoms with Gasteiger partial charge in [0.1, 0.15) is 0 Å². The molecule has 0 saturated heterocycles. The molecule has 0 rings (SSSR count). The Morgan fingerprint density at radius 3 is 2.30 bits per heavy atom. The van der Waals surface area contributed by atoms with Gasteiger partial charge >= 0.3 is 6.18 Å². The van der Waals surface area contributed by atoms with Crippen LogP contribution in [-0.4, -0.2) is 12.2 Å². The summed E-state index contributed by atoms with van der Waals surface area (Å²) in [7, 11) is 0. The van der Waals surface area contributed by atoms with Crippen molar-refractivity contribution in [2.24, 2.45) is 5.73 Å². The lowest BCUT2D eigenvalue weighted by atomic mass is 10.2. The van der Waals surface area contributed by atoms with Crippen LogP contribution in [0.2, 0.25) is 0 Å². The van der Waals surface area contributed by atoms with Crippen LogP contribution in [0.15, 0.2) is 0 Å². The van der Waals surface area contributed by atoms with Crippen LogP contribution in [0.1, 0.15) is 13.3 Å². The van der Waals surface area contributed by atoms with Crippen molar-refractivity contribution in [1.29, 1.82) is 0 Å². The van der Waals surface area contributed by atoms with Gasteiger partial charge in [-0.3, -0.25) is 0 Å². The van der Waals surface area contributed by atoms with E-state index in [0.717, 1.165) is 5.92 Å². The largest absolute Gasteiger partial charge is 0.457 e. The minimum absolute atomic E-state index is 0.0828. The van der Waals surface area contributed by atoms with Crippen molar-refractivity contribution >= 4 is 0 Å². The zero-order chi connectivity index (χ0) is 8.20. The molecule has 0 radical (unpaired) electrons. The van der Waals surface area contributed by atoms with Crippen LogP contribution < -0.4 is 5.73 Å². The topological polar surface area (TPSA) is 26.0 Å². The number of hydrogen-bond acceptors (Lipinski definition) is 1. The van der Waals surface area contributed by atoms with Crippen molar-refractivity contribution in [3.05, 3.63) is 0 Å². The predicted molar refractivity (Wildman–Crippen MR) is 32.1 cm³/mol. The molecule has 58 valence electrons. The van der Waals surface area contributed by atoms with Gasteiger partial charge in [0.2, 0.25) is 0 Å². The molecule has 0 aliphatic heterocycles. The Kier molecular flexibility index (Phi) is 3.23. The molecule has 0 saturated carbocycles. The molecular formula is C6H8F3N. The summed E-state index contributed by atoms with van der Waals surface area (Å²) in [6.07, 6.45) is -4.30. The maximum atomic E-state index is 11.3. The highest BCUT2D eigenvalue weighted by molar-refractivity contribution is 5.05. The van der Waals surface area contributed by atoms with E-state index in [0.29, 0.717) is 0 Å². The molecule has 0 spiro atoms. The Hall–Kier alpha value is -0.690. The Morgan fingerprint density at radius 2 is 2.00 bits per heavy atom. The van der Waals surface area contributed by atoms with E-state index in [2.05, 4.69) is 0 Å². The first-order valence-electron chi connectivity index (χ1n) is 2.74. The number of rotatable bonds is 1. The van der Waals surface area contributed by atoms with Crippen molar-refractivity contribution in [2.45, 2.75) is 25.6 Å². The summed E-state index contributed by atoms with van der Waals surface area (Å²) < 4.78 is 33.9. The average Bonchev–Trinajstić information content (AvgIpc) is 1.59. The molecule has 10 heavy (non-hydrogen) atoms. The van der Waals surface area contributed by atoms with E-state index in [9.17, 15) is 13.2 Å². The van der Waals surface area contributed by atoms with Gasteiger partial charge in [0.15, 0.2) is 0 Å². The third-order valence-corrected chi connectivity index (χ3v) is 0.654. The van der Waals surface area contributed by atoms with Gasteiger partial charge in [-0.2, -0.15) is 13.2 Å². The standard InChI is InChI=1S/C6H8F3N/c1-5(10)3-2-4-6(7,8)9/h5H,3,10H2,1H3/t5-/m0/s1. The Balaban J connectivity index is 3.71. The summed E-state index contributed by atoms with van der Waals surface area (Å²) in [6, 6.07) is -0.296. The van der Waals surface area contributed by atoms with Gasteiger partial charge in [0.25, 0.3) is 0 Å². The van der Waals surface area contributed by atoms with Gasteiger partial charge < -0.3 is 5.73 Å². The van der Waals surface area contributed by atoms with Gasteiger partial charge in [-0.1, -0.05) is 5.92 Å². The first kappa shape index (κ1) is 9.31. The van der Waals surface area contributed by atoms with Crippen LogP contribution in [0.5, 0.6) is 0 Å². The lowest BCUT2D eigenvalue weighted by molar-refractivity contribution is -0.0697. The fourth-order valence-electron chi connectivity index (χ4n) is 0.312. The van der Waals surface area contributed by atoms with Gasteiger partial charge in [0, 0.05) is 18.4 Å². The Morgan fingerprint density at radius 1 is 1.50 bits per heavy atom. The number of halogens is 3. The second-order valence-corrected chi connectivity index (χ2v) is 1.98. The third-order valence-electron chi connectivity index (χ3n) is 0.654. The third kappa shape index (κ3) is 7.31. The van der Waals surface area contributed by atoms with E-state index >= 15 is 0 Å². The quantitative estimate of drug-likeness (QED) is 0.561. The number of nitrogens with two attached hydrogens (primary N) is 1. The minimum Gasteiger partial charge on any atom is -0.327 e. The van der Waals surface area contributed by atoms with E-state index in [-0.39, 0.29) is 12.5 Å². The normalized spacial score (nSPS) is 13.7. The molecule has 0 aromatic rings. The summed E-state index contributed by atoms with van der Waals surface area (Å²) in [6.45, 7) is 1.60. The minimum atomic E-state index is -4.38. The molecule has 1 atom stereocenters. The SMILES string of the molecule is C[C@H](N)CC#CC(F)(F)F. The lowest BCUT2D eigenvalue weighted by Gasteiger charge is -1.95. The van der Waals surface area contributed by atoms with E-state index < -0.39 is 6.18 Å². The molecule has 0 aromatic carbocycles.